The summed E-state index contributed by atoms with van der Waals surface area (Å²) < 4.78 is 5.55. The summed E-state index contributed by atoms with van der Waals surface area (Å²) in [6.45, 7) is 11.1. The summed E-state index contributed by atoms with van der Waals surface area (Å²) in [5, 5.41) is 6.03. The van der Waals surface area contributed by atoms with E-state index in [4.69, 9.17) is 4.74 Å². The van der Waals surface area contributed by atoms with Crippen molar-refractivity contribution < 1.29 is 9.53 Å². The van der Waals surface area contributed by atoms with E-state index in [-0.39, 0.29) is 18.1 Å². The topological polar surface area (TPSA) is 50.4 Å². The second kappa shape index (κ2) is 5.64. The minimum atomic E-state index is -0.138. The predicted octanol–water partition coefficient (Wildman–Crippen LogP) is 0.773. The fraction of sp³-hybridized carbons (Fsp3) is 0.917. The van der Waals surface area contributed by atoms with Gasteiger partial charge in [-0.1, -0.05) is 20.8 Å². The number of hydrogen-bond donors (Lipinski definition) is 2. The molecule has 0 radical (unpaired) electrons. The molecule has 0 bridgehead atoms. The molecule has 4 heteroatoms. The average molecular weight is 228 g/mol. The summed E-state index contributed by atoms with van der Waals surface area (Å²) in [4.78, 5) is 11.5. The molecule has 0 aromatic heterocycles. The highest BCUT2D eigenvalue weighted by Crippen LogP contribution is 2.14. The maximum atomic E-state index is 11.5. The van der Waals surface area contributed by atoms with Crippen LogP contribution in [0.5, 0.6) is 0 Å². The fourth-order valence-corrected chi connectivity index (χ4v) is 1.38. The Labute approximate surface area is 98.1 Å². The molecule has 0 aliphatic carbocycles. The number of rotatable bonds is 6. The van der Waals surface area contributed by atoms with E-state index in [0.717, 1.165) is 19.6 Å². The van der Waals surface area contributed by atoms with Crippen molar-refractivity contribution in [2.45, 2.75) is 33.3 Å². The molecule has 94 valence electrons. The van der Waals surface area contributed by atoms with Gasteiger partial charge in [-0.25, -0.2) is 0 Å². The monoisotopic (exact) mass is 228 g/mol. The summed E-state index contributed by atoms with van der Waals surface area (Å²) in [5.41, 5.74) is -0.138. The van der Waals surface area contributed by atoms with Crippen molar-refractivity contribution in [3.8, 4) is 0 Å². The zero-order valence-corrected chi connectivity index (χ0v) is 10.8. The lowest BCUT2D eigenvalue weighted by atomic mass is 9.98. The lowest BCUT2D eigenvalue weighted by Crippen LogP contribution is -2.59. The van der Waals surface area contributed by atoms with Gasteiger partial charge in [-0.05, 0) is 18.8 Å². The van der Waals surface area contributed by atoms with E-state index in [0.29, 0.717) is 11.8 Å². The van der Waals surface area contributed by atoms with Gasteiger partial charge in [0.15, 0.2) is 0 Å². The lowest BCUT2D eigenvalue weighted by Gasteiger charge is -2.38. The molecule has 2 N–H and O–H groups in total. The second-order valence-electron chi connectivity index (χ2n) is 5.37. The third kappa shape index (κ3) is 4.10. The average Bonchev–Trinajstić information content (AvgIpc) is 2.19. The lowest BCUT2D eigenvalue weighted by molar-refractivity contribution is -0.136. The van der Waals surface area contributed by atoms with Crippen molar-refractivity contribution in [2.75, 3.05) is 26.2 Å². The Morgan fingerprint density at radius 3 is 2.50 bits per heavy atom. The van der Waals surface area contributed by atoms with Gasteiger partial charge in [0.1, 0.15) is 6.61 Å². The number of nitrogens with one attached hydrogen (secondary N) is 2. The van der Waals surface area contributed by atoms with Gasteiger partial charge >= 0.3 is 0 Å². The van der Waals surface area contributed by atoms with Crippen molar-refractivity contribution >= 4 is 5.91 Å². The highest BCUT2D eigenvalue weighted by molar-refractivity contribution is 5.77. The molecule has 1 aliphatic heterocycles. The van der Waals surface area contributed by atoms with Crippen molar-refractivity contribution in [1.82, 2.24) is 10.6 Å². The Balaban J connectivity index is 2.11. The van der Waals surface area contributed by atoms with Crippen LogP contribution >= 0.6 is 0 Å². The molecule has 4 nitrogen and oxygen atoms in total. The SMILES string of the molecule is CC(C)C(C)CNC(=O)COC1(C)CNC1. The number of hydrogen-bond acceptors (Lipinski definition) is 3. The first-order chi connectivity index (χ1) is 7.43. The van der Waals surface area contributed by atoms with Crippen molar-refractivity contribution in [3.05, 3.63) is 0 Å². The molecule has 1 aliphatic rings. The molecule has 1 saturated heterocycles. The van der Waals surface area contributed by atoms with Crippen LogP contribution < -0.4 is 10.6 Å². The molecular weight excluding hydrogens is 204 g/mol. The fourth-order valence-electron chi connectivity index (χ4n) is 1.38. The minimum Gasteiger partial charge on any atom is -0.363 e. The van der Waals surface area contributed by atoms with Gasteiger partial charge in [0.05, 0.1) is 5.60 Å². The van der Waals surface area contributed by atoms with Crippen LogP contribution in [0.1, 0.15) is 27.7 Å². The molecule has 16 heavy (non-hydrogen) atoms. The van der Waals surface area contributed by atoms with E-state index in [9.17, 15) is 4.79 Å². The maximum absolute atomic E-state index is 11.5. The van der Waals surface area contributed by atoms with Gasteiger partial charge in [0.2, 0.25) is 5.91 Å². The molecule has 1 fully saturated rings. The predicted molar refractivity (Wildman–Crippen MR) is 64.2 cm³/mol. The van der Waals surface area contributed by atoms with Crippen molar-refractivity contribution in [3.63, 3.8) is 0 Å². The third-order valence-electron chi connectivity index (χ3n) is 3.31. The standard InChI is InChI=1S/C12H24N2O2/c1-9(2)10(3)5-14-11(15)6-16-12(4)7-13-8-12/h9-10,13H,5-8H2,1-4H3,(H,14,15). The first-order valence-corrected chi connectivity index (χ1v) is 6.04. The molecule has 1 unspecified atom stereocenters. The van der Waals surface area contributed by atoms with Gasteiger partial charge in [-0.3, -0.25) is 4.79 Å². The van der Waals surface area contributed by atoms with Crippen LogP contribution in [0.2, 0.25) is 0 Å². The number of carbonyl (C=O) groups is 1. The van der Waals surface area contributed by atoms with Gasteiger partial charge in [-0.15, -0.1) is 0 Å². The van der Waals surface area contributed by atoms with E-state index in [2.05, 4.69) is 31.4 Å². The minimum absolute atomic E-state index is 0.0133. The summed E-state index contributed by atoms with van der Waals surface area (Å²) >= 11 is 0. The van der Waals surface area contributed by atoms with E-state index >= 15 is 0 Å². The van der Waals surface area contributed by atoms with Gasteiger partial charge in [0, 0.05) is 19.6 Å². The Bertz CT molecular complexity index is 237. The molecule has 1 atom stereocenters. The molecular formula is C12H24N2O2. The zero-order chi connectivity index (χ0) is 12.2. The molecule has 0 spiro atoms. The van der Waals surface area contributed by atoms with Crippen LogP contribution in [0, 0.1) is 11.8 Å². The first kappa shape index (κ1) is 13.5. The number of ether oxygens (including phenoxy) is 1. The normalized spacial score (nSPS) is 20.3. The van der Waals surface area contributed by atoms with Gasteiger partial charge in [-0.2, -0.15) is 0 Å². The Hall–Kier alpha value is -0.610. The summed E-state index contributed by atoms with van der Waals surface area (Å²) in [6, 6.07) is 0. The number of carbonyl (C=O) groups excluding carboxylic acids is 1. The second-order valence-corrected chi connectivity index (χ2v) is 5.37. The van der Waals surface area contributed by atoms with E-state index < -0.39 is 0 Å². The van der Waals surface area contributed by atoms with Crippen LogP contribution in [0.3, 0.4) is 0 Å². The Morgan fingerprint density at radius 1 is 1.44 bits per heavy atom. The highest BCUT2D eigenvalue weighted by Gasteiger charge is 2.32. The smallest absolute Gasteiger partial charge is 0.246 e. The summed E-state index contributed by atoms with van der Waals surface area (Å²) in [5.74, 6) is 1.08. The molecule has 0 aromatic rings. The largest absolute Gasteiger partial charge is 0.363 e. The van der Waals surface area contributed by atoms with Crippen LogP contribution in [0.4, 0.5) is 0 Å². The van der Waals surface area contributed by atoms with E-state index in [1.165, 1.54) is 0 Å². The van der Waals surface area contributed by atoms with E-state index in [1.54, 1.807) is 0 Å². The number of amides is 1. The van der Waals surface area contributed by atoms with Crippen molar-refractivity contribution in [2.24, 2.45) is 11.8 Å². The summed E-state index contributed by atoms with van der Waals surface area (Å²) in [7, 11) is 0. The highest BCUT2D eigenvalue weighted by atomic mass is 16.5. The van der Waals surface area contributed by atoms with Crippen LogP contribution in [0.25, 0.3) is 0 Å². The third-order valence-corrected chi connectivity index (χ3v) is 3.31. The van der Waals surface area contributed by atoms with Crippen LogP contribution in [-0.2, 0) is 9.53 Å². The van der Waals surface area contributed by atoms with Crippen LogP contribution in [-0.4, -0.2) is 37.7 Å². The van der Waals surface area contributed by atoms with Gasteiger partial charge < -0.3 is 15.4 Å². The summed E-state index contributed by atoms with van der Waals surface area (Å²) in [6.07, 6.45) is 0. The van der Waals surface area contributed by atoms with Gasteiger partial charge in [0.25, 0.3) is 0 Å². The maximum Gasteiger partial charge on any atom is 0.246 e. The van der Waals surface area contributed by atoms with Crippen LogP contribution in [0.15, 0.2) is 0 Å². The quantitative estimate of drug-likeness (QED) is 0.706. The first-order valence-electron chi connectivity index (χ1n) is 6.04. The molecule has 1 rings (SSSR count). The van der Waals surface area contributed by atoms with Crippen molar-refractivity contribution in [1.29, 1.82) is 0 Å². The molecule has 1 heterocycles. The molecule has 0 aromatic carbocycles. The Kier molecular flexibility index (Phi) is 4.74. The zero-order valence-electron chi connectivity index (χ0n) is 10.8. The van der Waals surface area contributed by atoms with E-state index in [1.807, 2.05) is 6.92 Å². The molecule has 1 amide bonds. The Morgan fingerprint density at radius 2 is 2.06 bits per heavy atom. The molecule has 0 saturated carbocycles.